The van der Waals surface area contributed by atoms with Crippen LogP contribution in [0.1, 0.15) is 13.8 Å². The van der Waals surface area contributed by atoms with Crippen molar-refractivity contribution in [2.45, 2.75) is 33.5 Å². The molecule has 0 N–H and O–H groups in total. The molecular weight excluding hydrogens is 251 g/mol. The highest BCUT2D eigenvalue weighted by molar-refractivity contribution is 7.63. The molecule has 0 saturated carbocycles. The first-order valence-electron chi connectivity index (χ1n) is 6.01. The second kappa shape index (κ2) is 5.57. The lowest BCUT2D eigenvalue weighted by Gasteiger charge is -2.28. The van der Waals surface area contributed by atoms with Gasteiger partial charge in [0.2, 0.25) is 0 Å². The van der Waals surface area contributed by atoms with Gasteiger partial charge in [-0.15, -0.1) is 5.19 Å². The van der Waals surface area contributed by atoms with E-state index < -0.39 is 15.7 Å². The fraction of sp³-hybridized carbons (Fsp3) is 0.583. The molecule has 5 heteroatoms. The largest absolute Gasteiger partial charge is 0.336 e. The average Bonchev–Trinajstić information content (AvgIpc) is 2.66. The van der Waals surface area contributed by atoms with Gasteiger partial charge < -0.3 is 9.05 Å². The van der Waals surface area contributed by atoms with E-state index in [0.717, 1.165) is 5.30 Å². The Labute approximate surface area is 105 Å². The Hall–Kier alpha value is -0.283. The molecule has 0 heterocycles. The molecule has 17 heavy (non-hydrogen) atoms. The van der Waals surface area contributed by atoms with Gasteiger partial charge in [0.15, 0.2) is 0 Å². The van der Waals surface area contributed by atoms with Crippen molar-refractivity contribution in [2.24, 2.45) is 0 Å². The Balaban J connectivity index is 3.21. The summed E-state index contributed by atoms with van der Waals surface area (Å²) in [6.07, 6.45) is 0. The maximum atomic E-state index is 12.7. The Morgan fingerprint density at radius 1 is 1.24 bits per heavy atom. The second-order valence-electron chi connectivity index (χ2n) is 4.91. The van der Waals surface area contributed by atoms with Crippen molar-refractivity contribution in [2.75, 3.05) is 13.2 Å². The Bertz CT molecular complexity index is 396. The number of hydrogen-bond acceptors (Lipinski definition) is 3. The molecule has 0 spiro atoms. The normalized spacial score (nSPS) is 13.0. The summed E-state index contributed by atoms with van der Waals surface area (Å²) in [7, 11) is -4.65. The highest BCUT2D eigenvalue weighted by Gasteiger charge is 2.28. The molecule has 0 aliphatic rings. The monoisotopic (exact) mass is 273 g/mol. The van der Waals surface area contributed by atoms with Crippen molar-refractivity contribution >= 4 is 26.2 Å². The first-order valence-corrected chi connectivity index (χ1v) is 11.0. The first-order chi connectivity index (χ1) is 7.85. The van der Waals surface area contributed by atoms with Gasteiger partial charge >= 0.3 is 7.60 Å². The van der Waals surface area contributed by atoms with Crippen LogP contribution in [0.2, 0.25) is 19.6 Å². The van der Waals surface area contributed by atoms with Crippen LogP contribution in [0.3, 0.4) is 0 Å². The molecule has 0 aromatic heterocycles. The molecule has 3 nitrogen and oxygen atoms in total. The summed E-state index contributed by atoms with van der Waals surface area (Å²) in [4.78, 5) is 0. The van der Waals surface area contributed by atoms with Crippen LogP contribution in [-0.4, -0.2) is 21.3 Å². The fourth-order valence-corrected chi connectivity index (χ4v) is 6.34. The average molecular weight is 273 g/mol. The minimum atomic E-state index is -3.12. The molecule has 1 aromatic carbocycles. The highest BCUT2D eigenvalue weighted by atomic mass is 31.2. The molecule has 0 bridgehead atoms. The third-order valence-electron chi connectivity index (χ3n) is 2.49. The van der Waals surface area contributed by atoms with Crippen LogP contribution in [-0.2, 0) is 13.6 Å². The van der Waals surface area contributed by atoms with E-state index in [9.17, 15) is 4.57 Å². The molecular formula is C12H22O3PSi-. The summed E-state index contributed by atoms with van der Waals surface area (Å²) in [5, 5.41) is 1.93. The van der Waals surface area contributed by atoms with Crippen molar-refractivity contribution in [3.63, 3.8) is 0 Å². The molecule has 0 radical (unpaired) electrons. The molecule has 0 fully saturated rings. The summed E-state index contributed by atoms with van der Waals surface area (Å²) in [5.74, 6) is 0. The Morgan fingerprint density at radius 3 is 2.18 bits per heavy atom. The van der Waals surface area contributed by atoms with Crippen LogP contribution in [0, 0.1) is 0 Å². The lowest BCUT2D eigenvalue weighted by molar-refractivity contribution is 0.230. The van der Waals surface area contributed by atoms with Gasteiger partial charge in [0.25, 0.3) is 0 Å². The van der Waals surface area contributed by atoms with Crippen LogP contribution in [0.15, 0.2) is 18.2 Å². The van der Waals surface area contributed by atoms with E-state index in [-0.39, 0.29) is 0 Å². The maximum absolute atomic E-state index is 12.7. The second-order valence-corrected chi connectivity index (χ2v) is 11.9. The molecule has 1 rings (SSSR count). The third-order valence-corrected chi connectivity index (χ3v) is 6.93. The fourth-order valence-electron chi connectivity index (χ4n) is 1.80. The van der Waals surface area contributed by atoms with Crippen LogP contribution < -0.4 is 10.5 Å². The topological polar surface area (TPSA) is 35.5 Å². The van der Waals surface area contributed by atoms with Gasteiger partial charge in [-0.2, -0.15) is 12.1 Å². The minimum Gasteiger partial charge on any atom is -0.307 e. The van der Waals surface area contributed by atoms with Gasteiger partial charge in [-0.05, 0) is 13.8 Å². The van der Waals surface area contributed by atoms with E-state index in [1.807, 2.05) is 32.0 Å². The smallest absolute Gasteiger partial charge is 0.307 e. The van der Waals surface area contributed by atoms with E-state index in [1.54, 1.807) is 0 Å². The quantitative estimate of drug-likeness (QED) is 0.454. The van der Waals surface area contributed by atoms with Gasteiger partial charge in [-0.25, -0.2) is 6.07 Å². The zero-order valence-corrected chi connectivity index (χ0v) is 13.2. The van der Waals surface area contributed by atoms with E-state index in [0.29, 0.717) is 13.2 Å². The van der Waals surface area contributed by atoms with Crippen molar-refractivity contribution in [1.29, 1.82) is 0 Å². The highest BCUT2D eigenvalue weighted by Crippen LogP contribution is 2.46. The standard InChI is InChI=1S/C12H22O3PSi/c1-6-14-16(13,15-7-2)11-9-8-10-12(11)17(3,4)5/h8-10H,6-7H2,1-5H3/q-1. The first kappa shape index (κ1) is 14.8. The summed E-state index contributed by atoms with van der Waals surface area (Å²) in [6, 6.07) is 5.86. The third kappa shape index (κ3) is 3.35. The lowest BCUT2D eigenvalue weighted by atomic mass is 10.6. The Kier molecular flexibility index (Phi) is 4.84. The number of rotatable bonds is 6. The van der Waals surface area contributed by atoms with E-state index >= 15 is 0 Å². The van der Waals surface area contributed by atoms with Crippen LogP contribution in [0.25, 0.3) is 0 Å². The summed E-state index contributed by atoms with van der Waals surface area (Å²) in [6.45, 7) is 11.2. The van der Waals surface area contributed by atoms with E-state index in [4.69, 9.17) is 9.05 Å². The van der Waals surface area contributed by atoms with Crippen LogP contribution in [0.5, 0.6) is 0 Å². The molecule has 0 amide bonds. The zero-order valence-electron chi connectivity index (χ0n) is 11.3. The van der Waals surface area contributed by atoms with Crippen LogP contribution >= 0.6 is 7.60 Å². The molecule has 1 aromatic rings. The summed E-state index contributed by atoms with van der Waals surface area (Å²) >= 11 is 0. The van der Waals surface area contributed by atoms with Crippen molar-refractivity contribution in [1.82, 2.24) is 0 Å². The van der Waals surface area contributed by atoms with E-state index in [2.05, 4.69) is 19.6 Å². The van der Waals surface area contributed by atoms with Gasteiger partial charge in [-0.3, -0.25) is 4.57 Å². The molecule has 0 aliphatic carbocycles. The molecule has 0 aliphatic heterocycles. The molecule has 98 valence electrons. The van der Waals surface area contributed by atoms with Crippen LogP contribution in [0.4, 0.5) is 0 Å². The maximum Gasteiger partial charge on any atom is 0.336 e. The van der Waals surface area contributed by atoms with Crippen molar-refractivity contribution in [3.05, 3.63) is 18.2 Å². The lowest BCUT2D eigenvalue weighted by Crippen LogP contribution is -2.45. The number of hydrogen-bond donors (Lipinski definition) is 0. The summed E-state index contributed by atoms with van der Waals surface area (Å²) in [5.41, 5.74) is 0. The van der Waals surface area contributed by atoms with Crippen molar-refractivity contribution < 1.29 is 13.6 Å². The predicted octanol–water partition coefficient (Wildman–Crippen LogP) is 2.84. The van der Waals surface area contributed by atoms with E-state index in [1.165, 1.54) is 5.19 Å². The zero-order chi connectivity index (χ0) is 13.1. The molecule has 0 atom stereocenters. The summed E-state index contributed by atoms with van der Waals surface area (Å²) < 4.78 is 23.5. The van der Waals surface area contributed by atoms with Gasteiger partial charge in [0.05, 0.1) is 13.2 Å². The Morgan fingerprint density at radius 2 is 1.76 bits per heavy atom. The van der Waals surface area contributed by atoms with Crippen molar-refractivity contribution in [3.8, 4) is 0 Å². The van der Waals surface area contributed by atoms with Gasteiger partial charge in [0.1, 0.15) is 0 Å². The minimum absolute atomic E-state index is 0.396. The SMILES string of the molecule is CCOP(=O)(OCC)c1ccc[c-]1[Si](C)(C)C. The predicted molar refractivity (Wildman–Crippen MR) is 75.5 cm³/mol. The molecule has 0 unspecified atom stereocenters. The van der Waals surface area contributed by atoms with Gasteiger partial charge in [-0.1, -0.05) is 24.9 Å². The molecule has 0 saturated heterocycles. The van der Waals surface area contributed by atoms with Gasteiger partial charge in [0, 0.05) is 8.07 Å².